The second-order valence-electron chi connectivity index (χ2n) is 4.87. The van der Waals surface area contributed by atoms with Crippen LogP contribution in [0.3, 0.4) is 0 Å². The number of nitrogens with one attached hydrogen (secondary N) is 2. The average Bonchev–Trinajstić information content (AvgIpc) is 3.04. The first-order valence-electron chi connectivity index (χ1n) is 6.92. The van der Waals surface area contributed by atoms with Crippen LogP contribution in [0.5, 0.6) is 0 Å². The number of carbonyl (C=O) groups is 2. The molecule has 2 aromatic heterocycles. The van der Waals surface area contributed by atoms with Gasteiger partial charge in [0, 0.05) is 17.3 Å². The number of hydrogen-bond acceptors (Lipinski definition) is 5. The Hall–Kier alpha value is -3.73. The second kappa shape index (κ2) is 6.18. The number of amides is 1. The van der Waals surface area contributed by atoms with E-state index in [0.717, 1.165) is 0 Å². The summed E-state index contributed by atoms with van der Waals surface area (Å²) >= 11 is 0. The van der Waals surface area contributed by atoms with E-state index in [-0.39, 0.29) is 12.1 Å². The van der Waals surface area contributed by atoms with Gasteiger partial charge in [0.25, 0.3) is 5.91 Å². The van der Waals surface area contributed by atoms with Crippen molar-refractivity contribution >= 4 is 22.9 Å². The van der Waals surface area contributed by atoms with Crippen molar-refractivity contribution in [2.24, 2.45) is 0 Å². The number of H-pyrrole nitrogens is 1. The predicted molar refractivity (Wildman–Crippen MR) is 84.2 cm³/mol. The highest BCUT2D eigenvalue weighted by molar-refractivity contribution is 6.07. The third kappa shape index (κ3) is 2.66. The highest BCUT2D eigenvalue weighted by Gasteiger charge is 2.17. The van der Waals surface area contributed by atoms with Gasteiger partial charge in [-0.05, 0) is 12.1 Å². The SMILES string of the molecule is N#CCNC(=O)c1cccc(-c2ncnc3[nH]cc(C(=O)O)c23)c1. The molecule has 8 nitrogen and oxygen atoms in total. The van der Waals surface area contributed by atoms with Crippen molar-refractivity contribution in [2.75, 3.05) is 6.54 Å². The number of rotatable bonds is 4. The Morgan fingerprint density at radius 3 is 2.92 bits per heavy atom. The maximum absolute atomic E-state index is 12.0. The lowest BCUT2D eigenvalue weighted by molar-refractivity contribution is 0.0698. The van der Waals surface area contributed by atoms with Crippen molar-refractivity contribution in [1.29, 1.82) is 5.26 Å². The fraction of sp³-hybridized carbons (Fsp3) is 0.0625. The summed E-state index contributed by atoms with van der Waals surface area (Å²) in [6, 6.07) is 8.41. The summed E-state index contributed by atoms with van der Waals surface area (Å²) in [4.78, 5) is 34.4. The molecule has 0 spiro atoms. The molecular weight excluding hydrogens is 310 g/mol. The summed E-state index contributed by atoms with van der Waals surface area (Å²) in [5, 5.41) is 20.7. The van der Waals surface area contributed by atoms with E-state index in [9.17, 15) is 14.7 Å². The Morgan fingerprint density at radius 2 is 2.17 bits per heavy atom. The van der Waals surface area contributed by atoms with Crippen molar-refractivity contribution in [3.05, 3.63) is 47.9 Å². The van der Waals surface area contributed by atoms with E-state index in [1.165, 1.54) is 12.5 Å². The molecule has 118 valence electrons. The fourth-order valence-corrected chi connectivity index (χ4v) is 2.38. The van der Waals surface area contributed by atoms with Gasteiger partial charge >= 0.3 is 5.97 Å². The van der Waals surface area contributed by atoms with Gasteiger partial charge in [0.2, 0.25) is 0 Å². The molecule has 0 aliphatic carbocycles. The van der Waals surface area contributed by atoms with Crippen molar-refractivity contribution in [3.63, 3.8) is 0 Å². The Kier molecular flexibility index (Phi) is 3.91. The van der Waals surface area contributed by atoms with Crippen LogP contribution in [-0.4, -0.2) is 38.5 Å². The van der Waals surface area contributed by atoms with Crippen molar-refractivity contribution < 1.29 is 14.7 Å². The highest BCUT2D eigenvalue weighted by atomic mass is 16.4. The fourth-order valence-electron chi connectivity index (χ4n) is 2.38. The monoisotopic (exact) mass is 321 g/mol. The molecule has 0 unspecified atom stereocenters. The molecular formula is C16H11N5O3. The summed E-state index contributed by atoms with van der Waals surface area (Å²) in [5.74, 6) is -1.49. The highest BCUT2D eigenvalue weighted by Crippen LogP contribution is 2.28. The van der Waals surface area contributed by atoms with Gasteiger partial charge in [-0.15, -0.1) is 0 Å². The van der Waals surface area contributed by atoms with E-state index in [1.807, 2.05) is 6.07 Å². The first-order chi connectivity index (χ1) is 11.6. The number of nitrogens with zero attached hydrogens (tertiary/aromatic N) is 3. The Morgan fingerprint density at radius 1 is 1.33 bits per heavy atom. The molecule has 0 bridgehead atoms. The number of carboxylic acids is 1. The molecule has 0 saturated carbocycles. The van der Waals surface area contributed by atoms with Gasteiger partial charge in [-0.25, -0.2) is 14.8 Å². The topological polar surface area (TPSA) is 132 Å². The van der Waals surface area contributed by atoms with Crippen molar-refractivity contribution in [3.8, 4) is 17.3 Å². The third-order valence-electron chi connectivity index (χ3n) is 3.43. The van der Waals surface area contributed by atoms with Crippen molar-refractivity contribution in [1.82, 2.24) is 20.3 Å². The Balaban J connectivity index is 2.12. The lowest BCUT2D eigenvalue weighted by Gasteiger charge is -2.06. The molecule has 0 aliphatic heterocycles. The van der Waals surface area contributed by atoms with Gasteiger partial charge in [0.15, 0.2) is 0 Å². The number of aromatic amines is 1. The zero-order valence-electron chi connectivity index (χ0n) is 12.3. The minimum atomic E-state index is -1.10. The lowest BCUT2D eigenvalue weighted by atomic mass is 10.0. The Bertz CT molecular complexity index is 987. The number of aromatic carboxylic acids is 1. The molecule has 8 heteroatoms. The van der Waals surface area contributed by atoms with Gasteiger partial charge < -0.3 is 15.4 Å². The standard InChI is InChI=1S/C16H11N5O3/c17-4-5-18-15(22)10-3-1-2-9(6-10)13-12-11(16(23)24)7-19-14(12)21-8-20-13/h1-3,6-8H,5H2,(H,18,22)(H,23,24)(H,19,20,21). The number of fused-ring (bicyclic) bond motifs is 1. The molecule has 0 atom stereocenters. The van der Waals surface area contributed by atoms with E-state index >= 15 is 0 Å². The van der Waals surface area contributed by atoms with E-state index in [4.69, 9.17) is 5.26 Å². The maximum Gasteiger partial charge on any atom is 0.338 e. The summed E-state index contributed by atoms with van der Waals surface area (Å²) in [6.07, 6.45) is 2.68. The van der Waals surface area contributed by atoms with Crippen LogP contribution < -0.4 is 5.32 Å². The van der Waals surface area contributed by atoms with Gasteiger partial charge in [-0.3, -0.25) is 4.79 Å². The first-order valence-corrected chi connectivity index (χ1v) is 6.92. The number of aromatic nitrogens is 3. The summed E-state index contributed by atoms with van der Waals surface area (Å²) < 4.78 is 0. The second-order valence-corrected chi connectivity index (χ2v) is 4.87. The van der Waals surface area contributed by atoms with Crippen LogP contribution in [0.25, 0.3) is 22.3 Å². The summed E-state index contributed by atoms with van der Waals surface area (Å²) in [5.41, 5.74) is 1.79. The molecule has 2 heterocycles. The lowest BCUT2D eigenvalue weighted by Crippen LogP contribution is -2.23. The average molecular weight is 321 g/mol. The van der Waals surface area contributed by atoms with Crippen LogP contribution in [0, 0.1) is 11.3 Å². The molecule has 1 aromatic carbocycles. The molecule has 3 N–H and O–H groups in total. The molecule has 0 radical (unpaired) electrons. The zero-order valence-corrected chi connectivity index (χ0v) is 12.3. The minimum Gasteiger partial charge on any atom is -0.478 e. The molecule has 0 aliphatic rings. The van der Waals surface area contributed by atoms with E-state index in [0.29, 0.717) is 27.9 Å². The number of benzene rings is 1. The van der Waals surface area contributed by atoms with Crippen LogP contribution in [0.15, 0.2) is 36.8 Å². The normalized spacial score (nSPS) is 10.3. The molecule has 3 rings (SSSR count). The van der Waals surface area contributed by atoms with Gasteiger partial charge in [0.1, 0.15) is 18.5 Å². The number of hydrogen-bond donors (Lipinski definition) is 3. The minimum absolute atomic E-state index is 0.0555. The van der Waals surface area contributed by atoms with Crippen LogP contribution >= 0.6 is 0 Å². The zero-order chi connectivity index (χ0) is 17.1. The number of carbonyl (C=O) groups excluding carboxylic acids is 1. The third-order valence-corrected chi connectivity index (χ3v) is 3.43. The number of nitriles is 1. The molecule has 24 heavy (non-hydrogen) atoms. The van der Waals surface area contributed by atoms with Crippen LogP contribution in [0.4, 0.5) is 0 Å². The molecule has 3 aromatic rings. The van der Waals surface area contributed by atoms with Crippen LogP contribution in [-0.2, 0) is 0 Å². The maximum atomic E-state index is 12.0. The van der Waals surface area contributed by atoms with Gasteiger partial charge in [0.05, 0.1) is 22.7 Å². The number of carboxylic acid groups (broad SMARTS) is 1. The largest absolute Gasteiger partial charge is 0.478 e. The smallest absolute Gasteiger partial charge is 0.338 e. The van der Waals surface area contributed by atoms with E-state index in [1.54, 1.807) is 24.3 Å². The molecule has 0 saturated heterocycles. The van der Waals surface area contributed by atoms with Crippen LogP contribution in [0.1, 0.15) is 20.7 Å². The molecule has 1 amide bonds. The summed E-state index contributed by atoms with van der Waals surface area (Å²) in [7, 11) is 0. The van der Waals surface area contributed by atoms with E-state index < -0.39 is 11.9 Å². The first kappa shape index (κ1) is 15.2. The van der Waals surface area contributed by atoms with Crippen molar-refractivity contribution in [2.45, 2.75) is 0 Å². The van der Waals surface area contributed by atoms with Gasteiger partial charge in [-0.2, -0.15) is 5.26 Å². The predicted octanol–water partition coefficient (Wildman–Crippen LogP) is 1.58. The Labute approximate surface area is 135 Å². The van der Waals surface area contributed by atoms with Gasteiger partial charge in [-0.1, -0.05) is 12.1 Å². The van der Waals surface area contributed by atoms with Crippen LogP contribution in [0.2, 0.25) is 0 Å². The summed E-state index contributed by atoms with van der Waals surface area (Å²) in [6.45, 7) is -0.0955. The quantitative estimate of drug-likeness (QED) is 0.625. The molecule has 0 fully saturated rings. The van der Waals surface area contributed by atoms with E-state index in [2.05, 4.69) is 20.3 Å².